The third-order valence-electron chi connectivity index (χ3n) is 5.85. The second-order valence-electron chi connectivity index (χ2n) is 7.46. The van der Waals surface area contributed by atoms with Crippen LogP contribution in [-0.4, -0.2) is 57.4 Å². The first-order valence-electron chi connectivity index (χ1n) is 8.63. The Balaban J connectivity index is 1.43. The lowest BCUT2D eigenvalue weighted by molar-refractivity contribution is -0.239. The van der Waals surface area contributed by atoms with Crippen LogP contribution in [0.3, 0.4) is 0 Å². The number of ether oxygens (including phenoxy) is 1. The van der Waals surface area contributed by atoms with Gasteiger partial charge in [-0.05, 0) is 32.6 Å². The highest BCUT2D eigenvalue weighted by Crippen LogP contribution is 2.41. The van der Waals surface area contributed by atoms with Crippen LogP contribution in [0.1, 0.15) is 57.3 Å². The van der Waals surface area contributed by atoms with Gasteiger partial charge in [-0.1, -0.05) is 11.5 Å². The Morgan fingerprint density at radius 1 is 1.17 bits per heavy atom. The van der Waals surface area contributed by atoms with Crippen LogP contribution in [0.25, 0.3) is 0 Å². The highest BCUT2D eigenvalue weighted by atomic mass is 16.5. The fraction of sp³-hybridized carbons (Fsp3) is 0.875. The Bertz CT molecular complexity index is 561. The first kappa shape index (κ1) is 15.4. The second-order valence-corrected chi connectivity index (χ2v) is 7.46. The third-order valence-corrected chi connectivity index (χ3v) is 5.85. The molecule has 7 nitrogen and oxygen atoms in total. The molecule has 3 fully saturated rings. The molecular weight excluding hydrogens is 298 g/mol. The van der Waals surface area contributed by atoms with Crippen molar-refractivity contribution >= 4 is 6.01 Å². The summed E-state index contributed by atoms with van der Waals surface area (Å²) in [6.45, 7) is 3.53. The zero-order valence-corrected chi connectivity index (χ0v) is 13.6. The van der Waals surface area contributed by atoms with Crippen LogP contribution in [0.4, 0.5) is 6.01 Å². The van der Waals surface area contributed by atoms with Crippen LogP contribution in [0.2, 0.25) is 0 Å². The number of hydrogen-bond acceptors (Lipinski definition) is 7. The van der Waals surface area contributed by atoms with Crippen LogP contribution in [0, 0.1) is 0 Å². The van der Waals surface area contributed by atoms with Crippen molar-refractivity contribution in [1.29, 1.82) is 0 Å². The first-order valence-corrected chi connectivity index (χ1v) is 8.63. The SMILES string of the molecule is C[C@@]1(O)CCOC2(CCN(c3nnc(C4CCC4)o3)CC2)[C@H]1O. The van der Waals surface area contributed by atoms with E-state index in [2.05, 4.69) is 15.1 Å². The summed E-state index contributed by atoms with van der Waals surface area (Å²) in [5.74, 6) is 1.19. The smallest absolute Gasteiger partial charge is 0.318 e. The van der Waals surface area contributed by atoms with Gasteiger partial charge in [-0.25, -0.2) is 0 Å². The molecule has 1 saturated carbocycles. The molecule has 3 heterocycles. The van der Waals surface area contributed by atoms with Crippen LogP contribution in [0.5, 0.6) is 0 Å². The van der Waals surface area contributed by atoms with Crippen molar-refractivity contribution in [2.45, 2.75) is 68.7 Å². The van der Waals surface area contributed by atoms with Crippen LogP contribution >= 0.6 is 0 Å². The van der Waals surface area contributed by atoms with Gasteiger partial charge in [-0.3, -0.25) is 0 Å². The molecule has 23 heavy (non-hydrogen) atoms. The number of aliphatic hydroxyl groups is 2. The zero-order valence-electron chi connectivity index (χ0n) is 13.6. The molecule has 0 bridgehead atoms. The minimum absolute atomic E-state index is 0.436. The van der Waals surface area contributed by atoms with E-state index in [0.29, 0.717) is 50.9 Å². The molecule has 0 aromatic carbocycles. The fourth-order valence-electron chi connectivity index (χ4n) is 3.91. The summed E-state index contributed by atoms with van der Waals surface area (Å²) in [5, 5.41) is 29.3. The molecule has 0 unspecified atom stereocenters. The summed E-state index contributed by atoms with van der Waals surface area (Å²) in [7, 11) is 0. The Hall–Kier alpha value is -1.18. The van der Waals surface area contributed by atoms with E-state index in [9.17, 15) is 10.2 Å². The van der Waals surface area contributed by atoms with Gasteiger partial charge in [0.15, 0.2) is 0 Å². The van der Waals surface area contributed by atoms with Gasteiger partial charge >= 0.3 is 6.01 Å². The molecule has 1 aliphatic carbocycles. The third kappa shape index (κ3) is 2.55. The van der Waals surface area contributed by atoms with Crippen molar-refractivity contribution in [2.24, 2.45) is 0 Å². The lowest BCUT2D eigenvalue weighted by atomic mass is 9.75. The molecule has 2 atom stereocenters. The molecule has 0 radical (unpaired) electrons. The number of aliphatic hydroxyl groups excluding tert-OH is 1. The van der Waals surface area contributed by atoms with Gasteiger partial charge in [0.05, 0.1) is 12.2 Å². The number of piperidine rings is 1. The van der Waals surface area contributed by atoms with Gasteiger partial charge < -0.3 is 24.3 Å². The van der Waals surface area contributed by atoms with E-state index in [1.54, 1.807) is 6.92 Å². The summed E-state index contributed by atoms with van der Waals surface area (Å²) >= 11 is 0. The quantitative estimate of drug-likeness (QED) is 0.845. The van der Waals surface area contributed by atoms with Gasteiger partial charge in [-0.2, -0.15) is 0 Å². The van der Waals surface area contributed by atoms with Crippen molar-refractivity contribution in [1.82, 2.24) is 10.2 Å². The molecule has 2 saturated heterocycles. The van der Waals surface area contributed by atoms with E-state index < -0.39 is 17.3 Å². The maximum atomic E-state index is 10.5. The molecular formula is C16H25N3O4. The molecule has 0 amide bonds. The van der Waals surface area contributed by atoms with E-state index in [1.165, 1.54) is 6.42 Å². The minimum Gasteiger partial charge on any atom is -0.408 e. The predicted octanol–water partition coefficient (Wildman–Crippen LogP) is 1.21. The molecule has 1 aromatic rings. The topological polar surface area (TPSA) is 91.9 Å². The zero-order chi connectivity index (χ0) is 16.1. The predicted molar refractivity (Wildman–Crippen MR) is 82.3 cm³/mol. The van der Waals surface area contributed by atoms with Gasteiger partial charge in [-0.15, -0.1) is 5.10 Å². The number of anilines is 1. The number of hydrogen-bond donors (Lipinski definition) is 2. The largest absolute Gasteiger partial charge is 0.408 e. The molecule has 4 rings (SSSR count). The normalized spacial score (nSPS) is 34.6. The maximum Gasteiger partial charge on any atom is 0.318 e. The summed E-state index contributed by atoms with van der Waals surface area (Å²) in [6.07, 6.45) is 4.41. The van der Waals surface area contributed by atoms with Gasteiger partial charge in [0, 0.05) is 25.4 Å². The minimum atomic E-state index is -1.08. The van der Waals surface area contributed by atoms with Gasteiger partial charge in [0.25, 0.3) is 0 Å². The van der Waals surface area contributed by atoms with E-state index in [1.807, 2.05) is 0 Å². The molecule has 7 heteroatoms. The molecule has 3 aliphatic rings. The standard InChI is InChI=1S/C16H25N3O4/c1-15(21)7-10-22-16(13(15)20)5-8-19(9-6-16)14-18-17-12(23-14)11-3-2-4-11/h11,13,20-21H,2-10H2,1H3/t13-,15+/m0/s1. The van der Waals surface area contributed by atoms with Gasteiger partial charge in [0.2, 0.25) is 5.89 Å². The maximum absolute atomic E-state index is 10.5. The van der Waals surface area contributed by atoms with E-state index >= 15 is 0 Å². The van der Waals surface area contributed by atoms with E-state index in [4.69, 9.17) is 9.15 Å². The Labute approximate surface area is 135 Å². The van der Waals surface area contributed by atoms with Crippen LogP contribution < -0.4 is 4.90 Å². The highest BCUT2D eigenvalue weighted by Gasteiger charge is 2.52. The van der Waals surface area contributed by atoms with Crippen molar-refractivity contribution in [3.63, 3.8) is 0 Å². The molecule has 2 N–H and O–H groups in total. The lowest BCUT2D eigenvalue weighted by Crippen LogP contribution is -2.64. The number of aromatic nitrogens is 2. The van der Waals surface area contributed by atoms with Gasteiger partial charge in [0.1, 0.15) is 11.7 Å². The molecule has 1 spiro atoms. The summed E-state index contributed by atoms with van der Waals surface area (Å²) in [6, 6.07) is 0.568. The van der Waals surface area contributed by atoms with Crippen LogP contribution in [-0.2, 0) is 4.74 Å². The average Bonchev–Trinajstić information content (AvgIpc) is 2.93. The summed E-state index contributed by atoms with van der Waals surface area (Å²) in [5.41, 5.74) is -1.74. The Morgan fingerprint density at radius 3 is 2.57 bits per heavy atom. The monoisotopic (exact) mass is 323 g/mol. The van der Waals surface area contributed by atoms with E-state index in [-0.39, 0.29) is 0 Å². The van der Waals surface area contributed by atoms with Crippen molar-refractivity contribution in [3.05, 3.63) is 5.89 Å². The van der Waals surface area contributed by atoms with Crippen molar-refractivity contribution < 1.29 is 19.4 Å². The molecule has 1 aromatic heterocycles. The number of rotatable bonds is 2. The molecule has 128 valence electrons. The Morgan fingerprint density at radius 2 is 1.91 bits per heavy atom. The lowest BCUT2D eigenvalue weighted by Gasteiger charge is -2.51. The summed E-state index contributed by atoms with van der Waals surface area (Å²) < 4.78 is 11.7. The average molecular weight is 323 g/mol. The number of nitrogens with zero attached hydrogens (tertiary/aromatic N) is 3. The Kier molecular flexibility index (Phi) is 3.62. The van der Waals surface area contributed by atoms with E-state index in [0.717, 1.165) is 18.7 Å². The van der Waals surface area contributed by atoms with Crippen molar-refractivity contribution in [3.8, 4) is 0 Å². The second kappa shape index (κ2) is 5.43. The summed E-state index contributed by atoms with van der Waals surface area (Å²) in [4.78, 5) is 2.06. The molecule has 2 aliphatic heterocycles. The van der Waals surface area contributed by atoms with Crippen molar-refractivity contribution in [2.75, 3.05) is 24.6 Å². The fourth-order valence-corrected chi connectivity index (χ4v) is 3.91. The van der Waals surface area contributed by atoms with Crippen LogP contribution in [0.15, 0.2) is 4.42 Å². The first-order chi connectivity index (χ1) is 11.0. The highest BCUT2D eigenvalue weighted by molar-refractivity contribution is 5.27.